The summed E-state index contributed by atoms with van der Waals surface area (Å²) in [5, 5.41) is 12.0. The smallest absolute Gasteiger partial charge is 0.283 e. The van der Waals surface area contributed by atoms with Gasteiger partial charge in [0.15, 0.2) is 0 Å². The molecule has 16 heavy (non-hydrogen) atoms. The maximum atomic E-state index is 12.2. The van der Waals surface area contributed by atoms with Crippen molar-refractivity contribution in [1.82, 2.24) is 13.9 Å². The van der Waals surface area contributed by atoms with Crippen molar-refractivity contribution in [1.29, 1.82) is 5.26 Å². The Labute approximate surface area is 97.0 Å². The molecule has 1 saturated heterocycles. The molecule has 0 aliphatic carbocycles. The van der Waals surface area contributed by atoms with Crippen LogP contribution in [0.15, 0.2) is 0 Å². The van der Waals surface area contributed by atoms with Gasteiger partial charge in [0.2, 0.25) is 0 Å². The number of piperazine rings is 1. The minimum absolute atomic E-state index is 0.358. The zero-order chi connectivity index (χ0) is 12.2. The molecule has 0 aromatic heterocycles. The van der Waals surface area contributed by atoms with Crippen molar-refractivity contribution in [2.45, 2.75) is 19.9 Å². The summed E-state index contributed by atoms with van der Waals surface area (Å²) in [7, 11) is -3.48. The van der Waals surface area contributed by atoms with Crippen LogP contribution in [0, 0.1) is 11.3 Å². The van der Waals surface area contributed by atoms with Gasteiger partial charge in [-0.05, 0) is 0 Å². The first-order valence-corrected chi connectivity index (χ1v) is 6.84. The molecular formula is C9H18N4O2S. The summed E-state index contributed by atoms with van der Waals surface area (Å²) in [5.41, 5.74) is 0. The van der Waals surface area contributed by atoms with Gasteiger partial charge in [-0.25, -0.2) is 0 Å². The molecule has 7 heteroatoms. The standard InChI is InChI=1S/C9H18N4O2S/c1-3-12(4-2)16(14,15)13-6-5-11-8-9(13)7-10/h9,11H,3-6,8H2,1-2H3. The molecule has 1 fully saturated rings. The third-order valence-electron chi connectivity index (χ3n) is 2.67. The third-order valence-corrected chi connectivity index (χ3v) is 4.87. The van der Waals surface area contributed by atoms with Crippen molar-refractivity contribution >= 4 is 10.2 Å². The highest BCUT2D eigenvalue weighted by atomic mass is 32.2. The number of rotatable bonds is 4. The van der Waals surface area contributed by atoms with Gasteiger partial charge in [0, 0.05) is 32.7 Å². The molecule has 1 atom stereocenters. The van der Waals surface area contributed by atoms with Gasteiger partial charge >= 0.3 is 0 Å². The van der Waals surface area contributed by atoms with E-state index in [0.717, 1.165) is 0 Å². The second-order valence-electron chi connectivity index (χ2n) is 3.55. The van der Waals surface area contributed by atoms with E-state index >= 15 is 0 Å². The molecule has 1 unspecified atom stereocenters. The molecule has 1 aliphatic heterocycles. The highest BCUT2D eigenvalue weighted by Gasteiger charge is 2.35. The molecule has 1 aliphatic rings. The molecule has 0 spiro atoms. The fraction of sp³-hybridized carbons (Fsp3) is 0.889. The topological polar surface area (TPSA) is 76.4 Å². The Hall–Kier alpha value is -0.680. The zero-order valence-corrected chi connectivity index (χ0v) is 10.5. The summed E-state index contributed by atoms with van der Waals surface area (Å²) >= 11 is 0. The predicted octanol–water partition coefficient (Wildman–Crippen LogP) is -0.630. The van der Waals surface area contributed by atoms with Crippen LogP contribution in [0.4, 0.5) is 0 Å². The quantitative estimate of drug-likeness (QED) is 0.716. The molecule has 0 bridgehead atoms. The second kappa shape index (κ2) is 5.59. The Morgan fingerprint density at radius 2 is 2.12 bits per heavy atom. The molecule has 92 valence electrons. The Bertz CT molecular complexity index is 358. The van der Waals surface area contributed by atoms with Gasteiger partial charge in [-0.2, -0.15) is 22.3 Å². The lowest BCUT2D eigenvalue weighted by Gasteiger charge is -2.34. The number of hydrogen-bond acceptors (Lipinski definition) is 4. The van der Waals surface area contributed by atoms with Gasteiger partial charge in [-0.1, -0.05) is 13.8 Å². The first kappa shape index (κ1) is 13.4. The van der Waals surface area contributed by atoms with E-state index in [-0.39, 0.29) is 0 Å². The van der Waals surface area contributed by atoms with Crippen molar-refractivity contribution in [3.05, 3.63) is 0 Å². The van der Waals surface area contributed by atoms with Gasteiger partial charge in [0.25, 0.3) is 10.2 Å². The van der Waals surface area contributed by atoms with E-state index in [1.54, 1.807) is 13.8 Å². The minimum atomic E-state index is -3.48. The molecule has 0 amide bonds. The Morgan fingerprint density at radius 1 is 1.50 bits per heavy atom. The van der Waals surface area contributed by atoms with Crippen LogP contribution < -0.4 is 5.32 Å². The predicted molar refractivity (Wildman–Crippen MR) is 60.8 cm³/mol. The molecule has 6 nitrogen and oxygen atoms in total. The fourth-order valence-electron chi connectivity index (χ4n) is 1.77. The van der Waals surface area contributed by atoms with Gasteiger partial charge in [0.05, 0.1) is 6.07 Å². The summed E-state index contributed by atoms with van der Waals surface area (Å²) in [6.45, 7) is 5.81. The van der Waals surface area contributed by atoms with Gasteiger partial charge in [-0.3, -0.25) is 0 Å². The van der Waals surface area contributed by atoms with Crippen molar-refractivity contribution in [3.8, 4) is 6.07 Å². The summed E-state index contributed by atoms with van der Waals surface area (Å²) in [6, 6.07) is 1.42. The maximum Gasteiger partial charge on any atom is 0.283 e. The van der Waals surface area contributed by atoms with Gasteiger partial charge in [0.1, 0.15) is 6.04 Å². The molecule has 0 aromatic rings. The first-order valence-electron chi connectivity index (χ1n) is 5.45. The second-order valence-corrected chi connectivity index (χ2v) is 5.43. The highest BCUT2D eigenvalue weighted by molar-refractivity contribution is 7.86. The van der Waals surface area contributed by atoms with Crippen molar-refractivity contribution in [2.75, 3.05) is 32.7 Å². The summed E-state index contributed by atoms with van der Waals surface area (Å²) in [4.78, 5) is 0. The summed E-state index contributed by atoms with van der Waals surface area (Å²) < 4.78 is 27.0. The number of nitrogens with one attached hydrogen (secondary N) is 1. The summed E-state index contributed by atoms with van der Waals surface area (Å²) in [5.74, 6) is 0. The molecule has 0 saturated carbocycles. The zero-order valence-electron chi connectivity index (χ0n) is 9.68. The highest BCUT2D eigenvalue weighted by Crippen LogP contribution is 2.13. The van der Waals surface area contributed by atoms with Crippen LogP contribution in [0.3, 0.4) is 0 Å². The number of hydrogen-bond donors (Lipinski definition) is 1. The first-order chi connectivity index (χ1) is 7.57. The van der Waals surface area contributed by atoms with Crippen LogP contribution in [0.25, 0.3) is 0 Å². The van der Waals surface area contributed by atoms with Crippen LogP contribution in [0.5, 0.6) is 0 Å². The van der Waals surface area contributed by atoms with E-state index in [1.165, 1.54) is 8.61 Å². The van der Waals surface area contributed by atoms with Crippen molar-refractivity contribution < 1.29 is 8.42 Å². The molecule has 0 aromatic carbocycles. The van der Waals surface area contributed by atoms with Gasteiger partial charge < -0.3 is 5.32 Å². The van der Waals surface area contributed by atoms with Crippen molar-refractivity contribution in [2.24, 2.45) is 0 Å². The fourth-order valence-corrected chi connectivity index (χ4v) is 3.48. The van der Waals surface area contributed by atoms with E-state index in [9.17, 15) is 8.42 Å². The van der Waals surface area contributed by atoms with E-state index in [2.05, 4.69) is 5.32 Å². The number of nitriles is 1. The Balaban J connectivity index is 2.93. The Kier molecular flexibility index (Phi) is 4.68. The molecular weight excluding hydrogens is 228 g/mol. The summed E-state index contributed by atoms with van der Waals surface area (Å²) in [6.07, 6.45) is 0. The minimum Gasteiger partial charge on any atom is -0.313 e. The third kappa shape index (κ3) is 2.52. The largest absolute Gasteiger partial charge is 0.313 e. The van der Waals surface area contributed by atoms with Crippen LogP contribution in [-0.4, -0.2) is 55.8 Å². The monoisotopic (exact) mass is 246 g/mol. The van der Waals surface area contributed by atoms with Gasteiger partial charge in [-0.15, -0.1) is 0 Å². The van der Waals surface area contributed by atoms with Crippen LogP contribution in [0.2, 0.25) is 0 Å². The lowest BCUT2D eigenvalue weighted by Crippen LogP contribution is -2.56. The molecule has 1 rings (SSSR count). The average molecular weight is 246 g/mol. The molecule has 0 radical (unpaired) electrons. The Morgan fingerprint density at radius 3 is 2.62 bits per heavy atom. The van der Waals surface area contributed by atoms with E-state index in [4.69, 9.17) is 5.26 Å². The normalized spacial score (nSPS) is 23.2. The lowest BCUT2D eigenvalue weighted by atomic mass is 10.3. The van der Waals surface area contributed by atoms with E-state index in [0.29, 0.717) is 32.7 Å². The van der Waals surface area contributed by atoms with Crippen molar-refractivity contribution in [3.63, 3.8) is 0 Å². The number of nitrogens with zero attached hydrogens (tertiary/aromatic N) is 3. The van der Waals surface area contributed by atoms with Crippen LogP contribution in [-0.2, 0) is 10.2 Å². The van der Waals surface area contributed by atoms with Crippen LogP contribution >= 0.6 is 0 Å². The van der Waals surface area contributed by atoms with E-state index in [1.807, 2.05) is 6.07 Å². The molecule has 1 heterocycles. The average Bonchev–Trinajstić information content (AvgIpc) is 2.30. The maximum absolute atomic E-state index is 12.2. The van der Waals surface area contributed by atoms with Crippen LogP contribution in [0.1, 0.15) is 13.8 Å². The SMILES string of the molecule is CCN(CC)S(=O)(=O)N1CCNCC1C#N. The van der Waals surface area contributed by atoms with E-state index < -0.39 is 16.3 Å². The lowest BCUT2D eigenvalue weighted by molar-refractivity contribution is 0.283. The molecule has 1 N–H and O–H groups in total.